The third-order valence-electron chi connectivity index (χ3n) is 3.90. The summed E-state index contributed by atoms with van der Waals surface area (Å²) in [7, 11) is 4.29. The van der Waals surface area contributed by atoms with Gasteiger partial charge in [0, 0.05) is 32.7 Å². The van der Waals surface area contributed by atoms with Gasteiger partial charge in [-0.25, -0.2) is 0 Å². The summed E-state index contributed by atoms with van der Waals surface area (Å²) in [5.41, 5.74) is 0.475. The van der Waals surface area contributed by atoms with Crippen LogP contribution in [0.4, 0.5) is 0 Å². The second-order valence-electron chi connectivity index (χ2n) is 5.08. The molecule has 0 aromatic rings. The Kier molecular flexibility index (Phi) is 6.64. The largest absolute Gasteiger partial charge is 0.312 e. The molecular weight excluding hydrogens is 235 g/mol. The normalized spacial score (nSPS) is 13.4. The third-order valence-corrected chi connectivity index (χ3v) is 3.90. The summed E-state index contributed by atoms with van der Waals surface area (Å²) in [4.78, 5) is 2.29. The number of rotatable bonds is 3. The van der Waals surface area contributed by atoms with Gasteiger partial charge >= 0.3 is 0 Å². The minimum atomic E-state index is 0. The van der Waals surface area contributed by atoms with E-state index < -0.39 is 0 Å². The van der Waals surface area contributed by atoms with E-state index in [1.807, 2.05) is 0 Å². The molecule has 0 aliphatic carbocycles. The second-order valence-corrected chi connectivity index (χ2v) is 5.08. The van der Waals surface area contributed by atoms with Crippen LogP contribution in [0.5, 0.6) is 0 Å². The SMILES string of the molecule is C[C-](C)C(C)(C)C(C)(C)N(C)C.[Y]. The van der Waals surface area contributed by atoms with Crippen molar-refractivity contribution in [2.75, 3.05) is 14.1 Å². The Bertz CT molecular complexity index is 130. The molecule has 0 aliphatic heterocycles. The van der Waals surface area contributed by atoms with Gasteiger partial charge in [0.2, 0.25) is 0 Å². The van der Waals surface area contributed by atoms with Gasteiger partial charge in [0.1, 0.15) is 0 Å². The van der Waals surface area contributed by atoms with Crippen LogP contribution in [-0.2, 0) is 32.7 Å². The monoisotopic (exact) mass is 259 g/mol. The van der Waals surface area contributed by atoms with Crippen LogP contribution < -0.4 is 0 Å². The minimum Gasteiger partial charge on any atom is -0.312 e. The van der Waals surface area contributed by atoms with Crippen LogP contribution in [0.3, 0.4) is 0 Å². The Hall–Kier alpha value is 1.06. The number of nitrogens with zero attached hydrogens (tertiary/aromatic N) is 1. The van der Waals surface area contributed by atoms with Crippen molar-refractivity contribution in [3.63, 3.8) is 0 Å². The molecule has 0 atom stereocenters. The molecule has 1 radical (unpaired) electrons. The van der Waals surface area contributed by atoms with Crippen LogP contribution >= 0.6 is 0 Å². The van der Waals surface area contributed by atoms with E-state index in [0.717, 1.165) is 0 Å². The van der Waals surface area contributed by atoms with Gasteiger partial charge in [-0.05, 0) is 33.5 Å². The Morgan fingerprint density at radius 1 is 0.923 bits per heavy atom. The minimum absolute atomic E-state index is 0. The molecule has 13 heavy (non-hydrogen) atoms. The van der Waals surface area contributed by atoms with E-state index in [-0.39, 0.29) is 43.7 Å². The van der Waals surface area contributed by atoms with E-state index in [9.17, 15) is 0 Å². The zero-order valence-electron chi connectivity index (χ0n) is 10.5. The summed E-state index contributed by atoms with van der Waals surface area (Å²) < 4.78 is 0. The van der Waals surface area contributed by atoms with E-state index in [4.69, 9.17) is 0 Å². The van der Waals surface area contributed by atoms with E-state index >= 15 is 0 Å². The first-order chi connectivity index (χ1) is 5.14. The molecule has 0 unspecified atom stereocenters. The first-order valence-corrected chi connectivity index (χ1v) is 4.62. The average Bonchev–Trinajstić information content (AvgIpc) is 1.86. The molecule has 0 rings (SSSR count). The smallest absolute Gasteiger partial charge is 0 e. The summed E-state index contributed by atoms with van der Waals surface area (Å²) in [6.45, 7) is 13.6. The fraction of sp³-hybridized carbons (Fsp3) is 0.909. The molecule has 0 saturated carbocycles. The summed E-state index contributed by atoms with van der Waals surface area (Å²) in [6.07, 6.45) is 0. The third kappa shape index (κ3) is 3.28. The maximum absolute atomic E-state index is 2.31. The van der Waals surface area contributed by atoms with Crippen molar-refractivity contribution < 1.29 is 32.7 Å². The fourth-order valence-electron chi connectivity index (χ4n) is 1.17. The van der Waals surface area contributed by atoms with Crippen molar-refractivity contribution in [3.05, 3.63) is 5.92 Å². The zero-order valence-corrected chi connectivity index (χ0v) is 13.4. The topological polar surface area (TPSA) is 3.24 Å². The van der Waals surface area contributed by atoms with Crippen LogP contribution in [0.25, 0.3) is 0 Å². The van der Waals surface area contributed by atoms with Gasteiger partial charge in [-0.2, -0.15) is 13.8 Å². The van der Waals surface area contributed by atoms with Gasteiger partial charge in [0.15, 0.2) is 0 Å². The van der Waals surface area contributed by atoms with Gasteiger partial charge in [-0.3, -0.25) is 0 Å². The van der Waals surface area contributed by atoms with Crippen molar-refractivity contribution in [2.24, 2.45) is 5.41 Å². The molecule has 0 aliphatic rings. The van der Waals surface area contributed by atoms with E-state index in [1.54, 1.807) is 0 Å². The predicted octanol–water partition coefficient (Wildman–Crippen LogP) is 2.96. The molecule has 0 aromatic carbocycles. The van der Waals surface area contributed by atoms with Crippen molar-refractivity contribution >= 4 is 0 Å². The van der Waals surface area contributed by atoms with Gasteiger partial charge in [0.05, 0.1) is 0 Å². The number of hydrogen-bond acceptors (Lipinski definition) is 1. The second kappa shape index (κ2) is 5.23. The quantitative estimate of drug-likeness (QED) is 0.704. The standard InChI is InChI=1S/C11H24N.Y/c1-9(2)10(3,4)11(5,6)12(7)8;/h1-8H3;/q-1;. The Morgan fingerprint density at radius 3 is 1.31 bits per heavy atom. The molecule has 1 nitrogen and oxygen atoms in total. The van der Waals surface area contributed by atoms with E-state index in [2.05, 4.69) is 60.5 Å². The molecule has 0 heterocycles. The van der Waals surface area contributed by atoms with Gasteiger partial charge < -0.3 is 10.8 Å². The van der Waals surface area contributed by atoms with Gasteiger partial charge in [0.25, 0.3) is 0 Å². The molecule has 0 amide bonds. The van der Waals surface area contributed by atoms with Crippen molar-refractivity contribution in [3.8, 4) is 0 Å². The van der Waals surface area contributed by atoms with E-state index in [0.29, 0.717) is 0 Å². The van der Waals surface area contributed by atoms with Crippen LogP contribution in [0.1, 0.15) is 41.5 Å². The Morgan fingerprint density at radius 2 is 1.23 bits per heavy atom. The molecule has 0 aromatic heterocycles. The Balaban J connectivity index is 0. The molecule has 0 saturated heterocycles. The molecule has 2 heteroatoms. The molecule has 0 N–H and O–H groups in total. The van der Waals surface area contributed by atoms with Crippen molar-refractivity contribution in [1.82, 2.24) is 4.90 Å². The molecule has 0 spiro atoms. The maximum atomic E-state index is 2.31. The number of hydrogen-bond donors (Lipinski definition) is 0. The summed E-state index contributed by atoms with van der Waals surface area (Å²) >= 11 is 0. The molecular formula is C11H24NY-. The molecule has 0 fully saturated rings. The van der Waals surface area contributed by atoms with Crippen LogP contribution in [0, 0.1) is 11.3 Å². The van der Waals surface area contributed by atoms with E-state index in [1.165, 1.54) is 5.92 Å². The van der Waals surface area contributed by atoms with Crippen LogP contribution in [0.2, 0.25) is 0 Å². The first-order valence-electron chi connectivity index (χ1n) is 4.62. The van der Waals surface area contributed by atoms with Crippen LogP contribution in [-0.4, -0.2) is 24.5 Å². The average molecular weight is 259 g/mol. The summed E-state index contributed by atoms with van der Waals surface area (Å²) in [5.74, 6) is 1.49. The predicted molar refractivity (Wildman–Crippen MR) is 56.1 cm³/mol. The van der Waals surface area contributed by atoms with Gasteiger partial charge in [-0.15, -0.1) is 5.41 Å². The van der Waals surface area contributed by atoms with Crippen LogP contribution in [0.15, 0.2) is 0 Å². The fourth-order valence-corrected chi connectivity index (χ4v) is 1.17. The maximum Gasteiger partial charge on any atom is 0 e. The summed E-state index contributed by atoms with van der Waals surface area (Å²) in [6, 6.07) is 0. The van der Waals surface area contributed by atoms with Crippen molar-refractivity contribution in [1.29, 1.82) is 0 Å². The zero-order chi connectivity index (χ0) is 10.2. The molecule has 77 valence electrons. The first kappa shape index (κ1) is 16.5. The molecule has 0 bridgehead atoms. The van der Waals surface area contributed by atoms with Gasteiger partial charge in [-0.1, -0.05) is 13.8 Å². The summed E-state index contributed by atoms with van der Waals surface area (Å²) in [5, 5.41) is 0. The Labute approximate surface area is 110 Å². The van der Waals surface area contributed by atoms with Crippen molar-refractivity contribution in [2.45, 2.75) is 47.1 Å².